The Bertz CT molecular complexity index is 982. The van der Waals surface area contributed by atoms with Crippen LogP contribution in [0.25, 0.3) is 11.1 Å². The van der Waals surface area contributed by atoms with Gasteiger partial charge in [-0.1, -0.05) is 56.3 Å². The van der Waals surface area contributed by atoms with E-state index in [0.29, 0.717) is 24.0 Å². The second-order valence-corrected chi connectivity index (χ2v) is 15.8. The Labute approximate surface area is 214 Å². The normalized spacial score (nSPS) is 17.7. The SMILES string of the molecule is CC1(C)CCC(NCc2ccc(-c3cccc(C(N)=N/C=N/COCCS(C)(C)C)c3)cc2)CC1. The van der Waals surface area contributed by atoms with Gasteiger partial charge in [0.15, 0.2) is 0 Å². The molecule has 0 saturated heterocycles. The molecule has 0 unspecified atom stereocenters. The van der Waals surface area contributed by atoms with Gasteiger partial charge >= 0.3 is 0 Å². The van der Waals surface area contributed by atoms with Crippen LogP contribution in [-0.2, 0) is 11.3 Å². The van der Waals surface area contributed by atoms with Crippen LogP contribution in [0, 0.1) is 5.41 Å². The lowest BCUT2D eigenvalue weighted by molar-refractivity contribution is 0.159. The minimum Gasteiger partial charge on any atom is -0.383 e. The first-order valence-corrected chi connectivity index (χ1v) is 15.6. The topological polar surface area (TPSA) is 72.0 Å². The molecule has 0 heterocycles. The van der Waals surface area contributed by atoms with Crippen molar-refractivity contribution in [1.82, 2.24) is 5.32 Å². The van der Waals surface area contributed by atoms with Gasteiger partial charge in [0.2, 0.25) is 0 Å². The maximum atomic E-state index is 6.20. The molecule has 1 fully saturated rings. The zero-order valence-electron chi connectivity index (χ0n) is 22.2. The Morgan fingerprint density at radius 1 is 1.09 bits per heavy atom. The molecule has 0 aromatic heterocycles. The maximum Gasteiger partial charge on any atom is 0.139 e. The lowest BCUT2D eigenvalue weighted by Gasteiger charge is -2.34. The van der Waals surface area contributed by atoms with Gasteiger partial charge in [-0.05, 0) is 72.6 Å². The van der Waals surface area contributed by atoms with E-state index in [-0.39, 0.29) is 0 Å². The molecule has 1 aliphatic rings. The molecular formula is C29H44N4OS. The average molecular weight is 497 g/mol. The maximum absolute atomic E-state index is 6.20. The van der Waals surface area contributed by atoms with Gasteiger partial charge < -0.3 is 15.8 Å². The number of hydrogen-bond donors (Lipinski definition) is 2. The Hall–Kier alpha value is -2.15. The predicted molar refractivity (Wildman–Crippen MR) is 155 cm³/mol. The highest BCUT2D eigenvalue weighted by molar-refractivity contribution is 8.32. The monoisotopic (exact) mass is 496 g/mol. The smallest absolute Gasteiger partial charge is 0.139 e. The Morgan fingerprint density at radius 2 is 1.80 bits per heavy atom. The fourth-order valence-corrected chi connectivity index (χ4v) is 4.79. The minimum atomic E-state index is -0.535. The van der Waals surface area contributed by atoms with Gasteiger partial charge in [0.05, 0.1) is 6.61 Å². The highest BCUT2D eigenvalue weighted by atomic mass is 32.3. The summed E-state index contributed by atoms with van der Waals surface area (Å²) in [5, 5.41) is 3.75. The van der Waals surface area contributed by atoms with E-state index < -0.39 is 10.0 Å². The molecule has 0 bridgehead atoms. The van der Waals surface area contributed by atoms with Crippen molar-refractivity contribution >= 4 is 22.2 Å². The van der Waals surface area contributed by atoms with Crippen molar-refractivity contribution in [2.24, 2.45) is 21.1 Å². The molecule has 2 aromatic rings. The van der Waals surface area contributed by atoms with Crippen LogP contribution in [0.3, 0.4) is 0 Å². The summed E-state index contributed by atoms with van der Waals surface area (Å²) < 4.78 is 5.55. The third kappa shape index (κ3) is 9.79. The number of nitrogens with one attached hydrogen (secondary N) is 1. The number of aliphatic imine (C=N–C) groups is 2. The van der Waals surface area contributed by atoms with Gasteiger partial charge in [0, 0.05) is 23.9 Å². The summed E-state index contributed by atoms with van der Waals surface area (Å²) in [4.78, 5) is 8.48. The van der Waals surface area contributed by atoms with E-state index in [9.17, 15) is 0 Å². The molecular weight excluding hydrogens is 452 g/mol. The van der Waals surface area contributed by atoms with Crippen molar-refractivity contribution < 1.29 is 4.74 Å². The van der Waals surface area contributed by atoms with Gasteiger partial charge in [0.25, 0.3) is 0 Å². The van der Waals surface area contributed by atoms with E-state index in [1.54, 1.807) is 0 Å². The zero-order chi connectivity index (χ0) is 25.3. The van der Waals surface area contributed by atoms with E-state index in [4.69, 9.17) is 10.5 Å². The minimum absolute atomic E-state index is 0.312. The summed E-state index contributed by atoms with van der Waals surface area (Å²) in [6.45, 7) is 6.73. The van der Waals surface area contributed by atoms with Gasteiger partial charge in [-0.2, -0.15) is 0 Å². The summed E-state index contributed by atoms with van der Waals surface area (Å²) in [5.74, 6) is 1.53. The quantitative estimate of drug-likeness (QED) is 0.234. The van der Waals surface area contributed by atoms with Crippen LogP contribution >= 0.6 is 10.0 Å². The average Bonchev–Trinajstić information content (AvgIpc) is 2.82. The Balaban J connectivity index is 1.50. The first kappa shape index (κ1) is 27.4. The lowest BCUT2D eigenvalue weighted by Crippen LogP contribution is -2.35. The summed E-state index contributed by atoms with van der Waals surface area (Å²) in [7, 11) is -0.535. The molecule has 192 valence electrons. The first-order valence-electron chi connectivity index (χ1n) is 12.6. The molecule has 1 saturated carbocycles. The molecule has 0 aliphatic heterocycles. The fraction of sp³-hybridized carbons (Fsp3) is 0.517. The van der Waals surface area contributed by atoms with E-state index in [1.165, 1.54) is 43.1 Å². The van der Waals surface area contributed by atoms with Gasteiger partial charge in [-0.3, -0.25) is 0 Å². The molecule has 0 radical (unpaired) electrons. The number of nitrogens with two attached hydrogens (primary N) is 1. The Kier molecular flexibility index (Phi) is 9.96. The standard InChI is InChI=1S/C29H44N4OS/c1-29(2)15-13-27(14-16-29)32-20-23-9-11-24(12-10-23)25-7-6-8-26(19-25)28(30)33-21-31-22-34-17-18-35(3,4)5/h6-12,19,21,27,32H,13-18,20,22H2,1-5H3,(H2,30,31,33). The third-order valence-corrected chi connectivity index (χ3v) is 8.06. The van der Waals surface area contributed by atoms with Crippen molar-refractivity contribution in [1.29, 1.82) is 0 Å². The van der Waals surface area contributed by atoms with Crippen molar-refractivity contribution in [2.75, 3.05) is 37.9 Å². The number of benzene rings is 2. The largest absolute Gasteiger partial charge is 0.383 e. The molecule has 1 aliphatic carbocycles. The molecule has 0 spiro atoms. The molecule has 5 nitrogen and oxygen atoms in total. The zero-order valence-corrected chi connectivity index (χ0v) is 23.0. The Morgan fingerprint density at radius 3 is 2.49 bits per heavy atom. The fourth-order valence-electron chi connectivity index (χ4n) is 4.18. The van der Waals surface area contributed by atoms with E-state index in [2.05, 4.69) is 84.3 Å². The number of nitrogens with zero attached hydrogens (tertiary/aromatic N) is 2. The predicted octanol–water partition coefficient (Wildman–Crippen LogP) is 5.81. The summed E-state index contributed by atoms with van der Waals surface area (Å²) in [6.07, 6.45) is 13.5. The molecule has 35 heavy (non-hydrogen) atoms. The number of hydrogen-bond acceptors (Lipinski definition) is 3. The molecule has 6 heteroatoms. The van der Waals surface area contributed by atoms with Crippen molar-refractivity contribution in [3.63, 3.8) is 0 Å². The van der Waals surface area contributed by atoms with Crippen molar-refractivity contribution in [2.45, 2.75) is 52.1 Å². The molecule has 0 amide bonds. The van der Waals surface area contributed by atoms with Gasteiger partial charge in [-0.15, -0.1) is 0 Å². The van der Waals surface area contributed by atoms with Crippen LogP contribution in [-0.4, -0.2) is 56.1 Å². The van der Waals surface area contributed by atoms with E-state index in [1.807, 2.05) is 12.1 Å². The number of rotatable bonds is 11. The highest BCUT2D eigenvalue weighted by Crippen LogP contribution is 2.35. The summed E-state index contributed by atoms with van der Waals surface area (Å²) >= 11 is 0. The highest BCUT2D eigenvalue weighted by Gasteiger charge is 2.26. The second kappa shape index (κ2) is 12.7. The van der Waals surface area contributed by atoms with Crippen LogP contribution in [0.1, 0.15) is 50.7 Å². The molecule has 3 N–H and O–H groups in total. The van der Waals surface area contributed by atoms with E-state index in [0.717, 1.165) is 30.0 Å². The summed E-state index contributed by atoms with van der Waals surface area (Å²) in [6, 6.07) is 17.6. The van der Waals surface area contributed by atoms with E-state index >= 15 is 0 Å². The number of ether oxygens (including phenoxy) is 1. The summed E-state index contributed by atoms with van der Waals surface area (Å²) in [5.41, 5.74) is 11.2. The lowest BCUT2D eigenvalue weighted by atomic mass is 9.75. The van der Waals surface area contributed by atoms with Crippen LogP contribution in [0.2, 0.25) is 0 Å². The van der Waals surface area contributed by atoms with Crippen molar-refractivity contribution in [3.05, 3.63) is 59.7 Å². The van der Waals surface area contributed by atoms with Gasteiger partial charge in [0.1, 0.15) is 18.9 Å². The first-order chi connectivity index (χ1) is 16.6. The van der Waals surface area contributed by atoms with Crippen LogP contribution in [0.5, 0.6) is 0 Å². The van der Waals surface area contributed by atoms with Crippen LogP contribution in [0.15, 0.2) is 58.5 Å². The molecule has 0 atom stereocenters. The van der Waals surface area contributed by atoms with Gasteiger partial charge in [-0.25, -0.2) is 20.0 Å². The van der Waals surface area contributed by atoms with Crippen molar-refractivity contribution in [3.8, 4) is 11.1 Å². The number of amidine groups is 1. The second-order valence-electron chi connectivity index (χ2n) is 11.2. The molecule has 2 aromatic carbocycles. The van der Waals surface area contributed by atoms with Crippen LogP contribution < -0.4 is 11.1 Å². The van der Waals surface area contributed by atoms with Crippen LogP contribution in [0.4, 0.5) is 0 Å². The molecule has 3 rings (SSSR count). The third-order valence-electron chi connectivity index (χ3n) is 6.66.